The maximum absolute atomic E-state index is 11.7. The van der Waals surface area contributed by atoms with Crippen LogP contribution in [0.4, 0.5) is 0 Å². The highest BCUT2D eigenvalue weighted by molar-refractivity contribution is 6.52. The van der Waals surface area contributed by atoms with Gasteiger partial charge in [-0.15, -0.1) is 0 Å². The van der Waals surface area contributed by atoms with Gasteiger partial charge in [-0.05, 0) is 0 Å². The highest BCUT2D eigenvalue weighted by Crippen LogP contribution is 2.41. The summed E-state index contributed by atoms with van der Waals surface area (Å²) in [6.45, 7) is 0.765. The van der Waals surface area contributed by atoms with Crippen LogP contribution in [0, 0.1) is 0 Å². The Hall–Kier alpha value is -0.760. The van der Waals surface area contributed by atoms with Crippen LogP contribution >= 0.6 is 46.4 Å². The van der Waals surface area contributed by atoms with Crippen molar-refractivity contribution in [1.29, 1.82) is 0 Å². The van der Waals surface area contributed by atoms with Crippen molar-refractivity contribution in [2.24, 2.45) is 0 Å². The van der Waals surface area contributed by atoms with E-state index in [1.54, 1.807) is 0 Å². The summed E-state index contributed by atoms with van der Waals surface area (Å²) >= 11 is 22.9. The van der Waals surface area contributed by atoms with E-state index in [-0.39, 0.29) is 0 Å². The monoisotopic (exact) mass is 362 g/mol. The Kier molecular flexibility index (Phi) is 5.13. The summed E-state index contributed by atoms with van der Waals surface area (Å²) in [5.74, 6) is -5.63. The van der Waals surface area contributed by atoms with E-state index in [2.05, 4.69) is 4.74 Å². The number of rotatable bonds is 3. The van der Waals surface area contributed by atoms with E-state index in [0.29, 0.717) is 0 Å². The van der Waals surface area contributed by atoms with Crippen LogP contribution in [0.2, 0.25) is 20.1 Å². The Labute approximate surface area is 132 Å². The number of ether oxygens (including phenoxy) is 1. The summed E-state index contributed by atoms with van der Waals surface area (Å²) in [5, 5.41) is 24.8. The lowest BCUT2D eigenvalue weighted by Gasteiger charge is -2.18. The van der Waals surface area contributed by atoms with Gasteiger partial charge < -0.3 is 20.1 Å². The standard InChI is InChI=1S/C10H6Cl4O6/c1-10(18,19)20-9(17)3-6(13)4(11)2(8(15)16)5(12)7(3)14/h18-19H,1H3,(H,15,16). The first-order valence-corrected chi connectivity index (χ1v) is 6.26. The van der Waals surface area contributed by atoms with Gasteiger partial charge in [0.05, 0.1) is 25.7 Å². The molecule has 0 atom stereocenters. The molecule has 1 aromatic carbocycles. The topological polar surface area (TPSA) is 104 Å². The van der Waals surface area contributed by atoms with Gasteiger partial charge in [0.15, 0.2) is 0 Å². The van der Waals surface area contributed by atoms with Crippen LogP contribution in [-0.2, 0) is 4.74 Å². The van der Waals surface area contributed by atoms with Gasteiger partial charge >= 0.3 is 17.9 Å². The molecule has 0 bridgehead atoms. The number of aromatic carboxylic acids is 1. The highest BCUT2D eigenvalue weighted by Gasteiger charge is 2.31. The molecule has 0 heterocycles. The molecule has 0 spiro atoms. The Balaban J connectivity index is 3.52. The fraction of sp³-hybridized carbons (Fsp3) is 0.200. The molecular formula is C10H6Cl4O6. The molecule has 0 unspecified atom stereocenters. The molecule has 10 heteroatoms. The van der Waals surface area contributed by atoms with Crippen molar-refractivity contribution < 1.29 is 29.6 Å². The normalized spacial score (nSPS) is 11.3. The Morgan fingerprint density at radius 3 is 1.60 bits per heavy atom. The largest absolute Gasteiger partial charge is 0.478 e. The number of carboxylic acid groups (broad SMARTS) is 1. The summed E-state index contributed by atoms with van der Waals surface area (Å²) in [5.41, 5.74) is -1.17. The lowest BCUT2D eigenvalue weighted by Crippen LogP contribution is -2.31. The van der Waals surface area contributed by atoms with E-state index < -0.39 is 49.1 Å². The maximum atomic E-state index is 11.7. The molecule has 0 saturated heterocycles. The number of aliphatic hydroxyl groups is 2. The minimum absolute atomic E-state index is 0.530. The van der Waals surface area contributed by atoms with E-state index in [4.69, 9.17) is 61.7 Å². The Morgan fingerprint density at radius 1 is 0.950 bits per heavy atom. The molecule has 6 nitrogen and oxygen atoms in total. The zero-order chi connectivity index (χ0) is 15.8. The van der Waals surface area contributed by atoms with Gasteiger partial charge in [-0.1, -0.05) is 46.4 Å². The molecule has 3 N–H and O–H groups in total. The number of carbonyl (C=O) groups excluding carboxylic acids is 1. The van der Waals surface area contributed by atoms with Gasteiger partial charge in [0, 0.05) is 6.92 Å². The molecule has 0 radical (unpaired) electrons. The smallest absolute Gasteiger partial charge is 0.345 e. The number of hydrogen-bond acceptors (Lipinski definition) is 5. The van der Waals surface area contributed by atoms with E-state index in [0.717, 1.165) is 6.92 Å². The highest BCUT2D eigenvalue weighted by atomic mass is 35.5. The molecule has 0 aliphatic heterocycles. The molecule has 0 saturated carbocycles. The van der Waals surface area contributed by atoms with Gasteiger partial charge in [-0.2, -0.15) is 0 Å². The number of benzene rings is 1. The minimum atomic E-state index is -2.78. The third-order valence-corrected chi connectivity index (χ3v) is 3.67. The number of esters is 1. The van der Waals surface area contributed by atoms with Crippen LogP contribution in [0.1, 0.15) is 27.6 Å². The minimum Gasteiger partial charge on any atom is -0.478 e. The van der Waals surface area contributed by atoms with Crippen molar-refractivity contribution in [3.05, 3.63) is 31.2 Å². The van der Waals surface area contributed by atoms with Crippen LogP contribution in [0.5, 0.6) is 0 Å². The molecule has 1 aromatic rings. The van der Waals surface area contributed by atoms with Crippen molar-refractivity contribution in [2.45, 2.75) is 12.9 Å². The zero-order valence-electron chi connectivity index (χ0n) is 9.58. The second-order valence-corrected chi connectivity index (χ2v) is 5.15. The van der Waals surface area contributed by atoms with Gasteiger partial charge in [-0.25, -0.2) is 9.59 Å². The van der Waals surface area contributed by atoms with Crippen LogP contribution in [0.25, 0.3) is 0 Å². The predicted octanol–water partition coefficient (Wildman–Crippen LogP) is 2.81. The molecule has 0 aliphatic carbocycles. The second-order valence-electron chi connectivity index (χ2n) is 3.63. The summed E-state index contributed by atoms with van der Waals surface area (Å²) in [6.07, 6.45) is 0. The fourth-order valence-electron chi connectivity index (χ4n) is 1.23. The van der Waals surface area contributed by atoms with Crippen LogP contribution < -0.4 is 0 Å². The average Bonchev–Trinajstić information content (AvgIpc) is 2.24. The Morgan fingerprint density at radius 2 is 1.30 bits per heavy atom. The molecular weight excluding hydrogens is 358 g/mol. The quantitative estimate of drug-likeness (QED) is 0.433. The van der Waals surface area contributed by atoms with Crippen LogP contribution in [0.15, 0.2) is 0 Å². The van der Waals surface area contributed by atoms with Crippen molar-refractivity contribution >= 4 is 58.3 Å². The summed E-state index contributed by atoms with van der Waals surface area (Å²) in [4.78, 5) is 22.7. The molecule has 110 valence electrons. The van der Waals surface area contributed by atoms with Gasteiger partial charge in [0.25, 0.3) is 0 Å². The molecule has 0 aromatic heterocycles. The summed E-state index contributed by atoms with van der Waals surface area (Å²) in [6, 6.07) is 0. The maximum Gasteiger partial charge on any atom is 0.345 e. The first kappa shape index (κ1) is 17.3. The number of halogens is 4. The predicted molar refractivity (Wildman–Crippen MR) is 71.7 cm³/mol. The Bertz CT molecular complexity index is 563. The zero-order valence-corrected chi connectivity index (χ0v) is 12.6. The summed E-state index contributed by atoms with van der Waals surface area (Å²) in [7, 11) is 0. The van der Waals surface area contributed by atoms with Crippen LogP contribution in [-0.4, -0.2) is 33.2 Å². The second kappa shape index (κ2) is 5.93. The van der Waals surface area contributed by atoms with Gasteiger partial charge in [-0.3, -0.25) is 0 Å². The SMILES string of the molecule is CC(O)(O)OC(=O)c1c(Cl)c(Cl)c(C(=O)O)c(Cl)c1Cl. The molecule has 0 aliphatic rings. The lowest BCUT2D eigenvalue weighted by molar-refractivity contribution is -0.293. The van der Waals surface area contributed by atoms with E-state index in [1.807, 2.05) is 0 Å². The van der Waals surface area contributed by atoms with E-state index in [9.17, 15) is 9.59 Å². The average molecular weight is 364 g/mol. The van der Waals surface area contributed by atoms with E-state index in [1.165, 1.54) is 0 Å². The van der Waals surface area contributed by atoms with Crippen molar-refractivity contribution in [2.75, 3.05) is 0 Å². The first-order chi connectivity index (χ1) is 8.97. The number of carbonyl (C=O) groups is 2. The third kappa shape index (κ3) is 3.46. The first-order valence-electron chi connectivity index (χ1n) is 4.74. The lowest BCUT2D eigenvalue weighted by atomic mass is 10.1. The van der Waals surface area contributed by atoms with E-state index >= 15 is 0 Å². The third-order valence-electron chi connectivity index (χ3n) is 1.97. The van der Waals surface area contributed by atoms with Gasteiger partial charge in [0.2, 0.25) is 0 Å². The van der Waals surface area contributed by atoms with Crippen molar-refractivity contribution in [3.63, 3.8) is 0 Å². The van der Waals surface area contributed by atoms with Crippen molar-refractivity contribution in [3.8, 4) is 0 Å². The fourth-order valence-corrected chi connectivity index (χ4v) is 2.39. The number of carboxylic acids is 1. The van der Waals surface area contributed by atoms with Crippen LogP contribution in [0.3, 0.4) is 0 Å². The molecule has 20 heavy (non-hydrogen) atoms. The van der Waals surface area contributed by atoms with Crippen molar-refractivity contribution in [1.82, 2.24) is 0 Å². The number of hydrogen-bond donors (Lipinski definition) is 3. The van der Waals surface area contributed by atoms with Gasteiger partial charge in [0.1, 0.15) is 5.56 Å². The molecule has 0 fully saturated rings. The molecule has 1 rings (SSSR count). The molecule has 0 amide bonds. The summed E-state index contributed by atoms with van der Waals surface area (Å²) < 4.78 is 4.23.